The van der Waals surface area contributed by atoms with Gasteiger partial charge in [-0.2, -0.15) is 0 Å². The van der Waals surface area contributed by atoms with Gasteiger partial charge in [0.05, 0.1) is 0 Å². The van der Waals surface area contributed by atoms with Crippen LogP contribution in [0.25, 0.3) is 28.3 Å². The van der Waals surface area contributed by atoms with Crippen molar-refractivity contribution in [2.75, 3.05) is 0 Å². The van der Waals surface area contributed by atoms with E-state index in [2.05, 4.69) is 146 Å². The molecule has 1 aliphatic carbocycles. The fraction of sp³-hybridized carbons (Fsp3) is 0.366. The molecular weight excluding hydrogens is 739 g/mol. The van der Waals surface area contributed by atoms with Gasteiger partial charge in [0.1, 0.15) is 0 Å². The van der Waals surface area contributed by atoms with E-state index in [9.17, 15) is 0 Å². The SMILES string of the molecule is CCCCC1=Cc2c(ccc(C(C)(C)C)c2-c2cc([Si](C)(C)C)cc([Si](C)(C)C)c2)[CH]1[Zr]([Cl])([Cl])[c]1cccc2c1[SiH2]c1ccccc1-2. The first-order valence-electron chi connectivity index (χ1n) is 17.6. The van der Waals surface area contributed by atoms with Crippen molar-refractivity contribution in [3.8, 4) is 22.3 Å². The summed E-state index contributed by atoms with van der Waals surface area (Å²) >= 11 is -4.06. The Hall–Kier alpha value is -1.27. The molecule has 47 heavy (non-hydrogen) atoms. The van der Waals surface area contributed by atoms with E-state index in [1.807, 2.05) is 0 Å². The molecule has 4 aromatic carbocycles. The summed E-state index contributed by atoms with van der Waals surface area (Å²) in [5.41, 5.74) is 11.2. The van der Waals surface area contributed by atoms with Crippen LogP contribution in [-0.2, 0) is 23.3 Å². The summed E-state index contributed by atoms with van der Waals surface area (Å²) < 4.78 is 1.44. The van der Waals surface area contributed by atoms with Crippen molar-refractivity contribution in [3.05, 3.63) is 95.1 Å². The summed E-state index contributed by atoms with van der Waals surface area (Å²) in [5, 5.41) is 6.15. The van der Waals surface area contributed by atoms with Crippen molar-refractivity contribution in [1.29, 1.82) is 0 Å². The molecule has 0 aromatic heterocycles. The second kappa shape index (κ2) is 12.8. The Morgan fingerprint density at radius 2 is 1.43 bits per heavy atom. The first kappa shape index (κ1) is 35.6. The second-order valence-corrected chi connectivity index (χ2v) is 43.1. The summed E-state index contributed by atoms with van der Waals surface area (Å²) in [4.78, 5) is 0. The maximum atomic E-state index is 8.06. The summed E-state index contributed by atoms with van der Waals surface area (Å²) in [6.07, 6.45) is 5.93. The molecule has 0 saturated carbocycles. The Bertz CT molecular complexity index is 1850. The number of unbranched alkanes of at least 4 members (excludes halogenated alkanes) is 1. The zero-order chi connectivity index (χ0) is 34.1. The zero-order valence-electron chi connectivity index (χ0n) is 30.2. The third kappa shape index (κ3) is 6.66. The van der Waals surface area contributed by atoms with E-state index in [0.717, 1.165) is 19.3 Å². The van der Waals surface area contributed by atoms with Gasteiger partial charge in [0.25, 0.3) is 0 Å². The van der Waals surface area contributed by atoms with Crippen LogP contribution in [-0.4, -0.2) is 25.7 Å². The normalized spacial score (nSPS) is 16.7. The van der Waals surface area contributed by atoms with Crippen molar-refractivity contribution in [3.63, 3.8) is 0 Å². The number of rotatable bonds is 8. The van der Waals surface area contributed by atoms with Gasteiger partial charge >= 0.3 is 303 Å². The van der Waals surface area contributed by atoms with E-state index in [4.69, 9.17) is 17.0 Å². The van der Waals surface area contributed by atoms with Crippen LogP contribution in [0.15, 0.2) is 78.4 Å². The van der Waals surface area contributed by atoms with Gasteiger partial charge in [0.2, 0.25) is 0 Å². The minimum atomic E-state index is -4.06. The van der Waals surface area contributed by atoms with Crippen molar-refractivity contribution >= 4 is 72.8 Å². The maximum absolute atomic E-state index is 8.06. The predicted octanol–water partition coefficient (Wildman–Crippen LogP) is 9.26. The van der Waals surface area contributed by atoms with Gasteiger partial charge in [-0.25, -0.2) is 0 Å². The Labute approximate surface area is 300 Å². The molecule has 4 aromatic rings. The number of halogens is 2. The van der Waals surface area contributed by atoms with E-state index in [1.54, 1.807) is 10.4 Å². The molecule has 0 fully saturated rings. The van der Waals surface area contributed by atoms with Gasteiger partial charge < -0.3 is 0 Å². The average molecular weight is 791 g/mol. The average Bonchev–Trinajstić information content (AvgIpc) is 3.56. The first-order chi connectivity index (χ1) is 21.9. The monoisotopic (exact) mass is 788 g/mol. The van der Waals surface area contributed by atoms with Crippen LogP contribution in [0.2, 0.25) is 39.3 Å². The molecule has 0 N–H and O–H groups in total. The molecule has 1 atom stereocenters. The molecule has 0 saturated heterocycles. The molecule has 6 heteroatoms. The van der Waals surface area contributed by atoms with E-state index in [1.165, 1.54) is 58.2 Å². The molecule has 2 aliphatic rings. The summed E-state index contributed by atoms with van der Waals surface area (Å²) in [6.45, 7) is 24.3. The number of fused-ring (bicyclic) bond motifs is 4. The second-order valence-electron chi connectivity index (χ2n) is 17.1. The first-order valence-corrected chi connectivity index (χ1v) is 34.9. The van der Waals surface area contributed by atoms with Crippen molar-refractivity contribution in [2.24, 2.45) is 0 Å². The van der Waals surface area contributed by atoms with Gasteiger partial charge in [0.15, 0.2) is 0 Å². The van der Waals surface area contributed by atoms with Crippen LogP contribution in [0.3, 0.4) is 0 Å². The Morgan fingerprint density at radius 1 is 0.787 bits per heavy atom. The quantitative estimate of drug-likeness (QED) is 0.138. The van der Waals surface area contributed by atoms with Gasteiger partial charge in [-0.3, -0.25) is 0 Å². The summed E-state index contributed by atoms with van der Waals surface area (Å²) in [7, 11) is 12.3. The molecular formula is C41H52Cl2Si3Zr. The van der Waals surface area contributed by atoms with Crippen molar-refractivity contribution in [2.45, 2.75) is 95.3 Å². The van der Waals surface area contributed by atoms with Gasteiger partial charge in [0, 0.05) is 0 Å². The van der Waals surface area contributed by atoms with Crippen molar-refractivity contribution in [1.82, 2.24) is 0 Å². The Kier molecular flexibility index (Phi) is 9.69. The molecule has 1 unspecified atom stereocenters. The van der Waals surface area contributed by atoms with Crippen LogP contribution in [0, 0.1) is 0 Å². The molecule has 1 heterocycles. The van der Waals surface area contributed by atoms with E-state index in [-0.39, 0.29) is 9.04 Å². The van der Waals surface area contributed by atoms with Crippen molar-refractivity contribution < 1.29 is 17.9 Å². The Morgan fingerprint density at radius 3 is 2.04 bits per heavy atom. The predicted molar refractivity (Wildman–Crippen MR) is 218 cm³/mol. The Balaban J connectivity index is 1.61. The molecule has 0 nitrogen and oxygen atoms in total. The number of hydrogen-bond donors (Lipinski definition) is 0. The van der Waals surface area contributed by atoms with Gasteiger partial charge in [-0.05, 0) is 0 Å². The number of hydrogen-bond acceptors (Lipinski definition) is 0. The molecule has 246 valence electrons. The molecule has 0 amide bonds. The molecule has 6 rings (SSSR count). The third-order valence-electron chi connectivity index (χ3n) is 10.4. The summed E-state index contributed by atoms with van der Waals surface area (Å²) in [5.74, 6) is 0. The van der Waals surface area contributed by atoms with E-state index >= 15 is 0 Å². The number of allylic oxidation sites excluding steroid dienone is 1. The fourth-order valence-electron chi connectivity index (χ4n) is 7.74. The zero-order valence-corrected chi connectivity index (χ0v) is 37.6. The topological polar surface area (TPSA) is 0 Å². The van der Waals surface area contributed by atoms with Crippen LogP contribution in [0.4, 0.5) is 0 Å². The van der Waals surface area contributed by atoms with Crippen LogP contribution < -0.4 is 24.0 Å². The molecule has 0 spiro atoms. The fourth-order valence-corrected chi connectivity index (χ4v) is 27.1. The molecule has 0 bridgehead atoms. The van der Waals surface area contributed by atoms with E-state index in [0.29, 0.717) is 0 Å². The van der Waals surface area contributed by atoms with Crippen LogP contribution in [0.1, 0.15) is 67.3 Å². The van der Waals surface area contributed by atoms with Gasteiger partial charge in [-0.1, -0.05) is 0 Å². The van der Waals surface area contributed by atoms with E-state index < -0.39 is 43.5 Å². The molecule has 0 radical (unpaired) electrons. The minimum absolute atomic E-state index is 0.00567. The van der Waals surface area contributed by atoms with Gasteiger partial charge in [-0.15, -0.1) is 0 Å². The standard InChI is InChI=1S/C29H43Si2.C12H9Si.2ClH.Zr/c1-11-12-13-21-16-22-14-15-27(29(2,3)4)28(26(22)17-21)23-18-24(30(5,6)7)20-25(19-23)31(8,9)10;1-3-7-11-9(5-1)10-6-2-4-8-12(10)13-11;;;/h14-20H,11-13H2,1-10H3;1-7H,13H2;2*1H;/q;;;;+2/p-2. The molecule has 1 aliphatic heterocycles. The van der Waals surface area contributed by atoms with Crippen LogP contribution in [0.5, 0.6) is 0 Å². The van der Waals surface area contributed by atoms with Crippen LogP contribution >= 0.6 is 17.0 Å². The third-order valence-corrected chi connectivity index (χ3v) is 28.8. The number of benzene rings is 4. The summed E-state index contributed by atoms with van der Waals surface area (Å²) in [6, 6.07) is 28.3.